The summed E-state index contributed by atoms with van der Waals surface area (Å²) in [4.78, 5) is 21.5. The summed E-state index contributed by atoms with van der Waals surface area (Å²) in [5, 5.41) is 13.5. The first-order valence-corrected chi connectivity index (χ1v) is 5.32. The van der Waals surface area contributed by atoms with Gasteiger partial charge < -0.3 is 10.1 Å². The van der Waals surface area contributed by atoms with E-state index in [1.54, 1.807) is 6.07 Å². The Bertz CT molecular complexity index is 422. The number of thioether (sulfide) groups is 1. The van der Waals surface area contributed by atoms with Gasteiger partial charge in [-0.25, -0.2) is 0 Å². The van der Waals surface area contributed by atoms with Gasteiger partial charge in [0, 0.05) is 28.5 Å². The van der Waals surface area contributed by atoms with Gasteiger partial charge in [-0.05, 0) is 6.07 Å². The first-order chi connectivity index (χ1) is 7.20. The number of nitrogens with zero attached hydrogens (tertiary/aromatic N) is 1. The normalized spacial score (nSPS) is 18.8. The smallest absolute Gasteiger partial charge is 0.270 e. The van der Waals surface area contributed by atoms with Crippen molar-refractivity contribution in [3.05, 3.63) is 28.3 Å². The molecule has 1 aliphatic rings. The number of nitrogens with one attached hydrogen (secondary N) is 1. The van der Waals surface area contributed by atoms with Gasteiger partial charge >= 0.3 is 0 Å². The van der Waals surface area contributed by atoms with Gasteiger partial charge in [-0.2, -0.15) is 0 Å². The minimum atomic E-state index is -0.424. The minimum absolute atomic E-state index is 0.0765. The monoisotopic (exact) mass is 224 g/mol. The predicted octanol–water partition coefficient (Wildman–Crippen LogP) is 1.68. The molecular formula is C9H8N2O3S. The van der Waals surface area contributed by atoms with E-state index in [1.165, 1.54) is 23.9 Å². The molecule has 0 radical (unpaired) electrons. The SMILES string of the molecule is O=CC1CSc2cc([N+](=O)[O-])ccc2N1. The van der Waals surface area contributed by atoms with E-state index in [-0.39, 0.29) is 11.7 Å². The van der Waals surface area contributed by atoms with Crippen molar-refractivity contribution in [3.8, 4) is 0 Å². The van der Waals surface area contributed by atoms with Gasteiger partial charge in [-0.15, -0.1) is 11.8 Å². The van der Waals surface area contributed by atoms with E-state index in [0.717, 1.165) is 16.9 Å². The highest BCUT2D eigenvalue weighted by Crippen LogP contribution is 2.35. The van der Waals surface area contributed by atoms with Crippen LogP contribution in [0.3, 0.4) is 0 Å². The van der Waals surface area contributed by atoms with E-state index in [2.05, 4.69) is 5.32 Å². The van der Waals surface area contributed by atoms with Gasteiger partial charge in [-0.1, -0.05) is 0 Å². The highest BCUT2D eigenvalue weighted by molar-refractivity contribution is 7.99. The predicted molar refractivity (Wildman–Crippen MR) is 57.3 cm³/mol. The van der Waals surface area contributed by atoms with E-state index in [4.69, 9.17) is 0 Å². The van der Waals surface area contributed by atoms with Crippen molar-refractivity contribution >= 4 is 29.4 Å². The van der Waals surface area contributed by atoms with Gasteiger partial charge in [0.15, 0.2) is 0 Å². The number of nitro benzene ring substituents is 1. The van der Waals surface area contributed by atoms with E-state index >= 15 is 0 Å². The Hall–Kier alpha value is -1.56. The van der Waals surface area contributed by atoms with Crippen LogP contribution in [0.2, 0.25) is 0 Å². The fourth-order valence-electron chi connectivity index (χ4n) is 1.36. The Balaban J connectivity index is 2.32. The Morgan fingerprint density at radius 3 is 3.07 bits per heavy atom. The molecule has 1 heterocycles. The second kappa shape index (κ2) is 3.90. The summed E-state index contributed by atoms with van der Waals surface area (Å²) in [6, 6.07) is 4.38. The first-order valence-electron chi connectivity index (χ1n) is 4.34. The Labute approximate surface area is 90.0 Å². The molecule has 1 aliphatic heterocycles. The molecule has 1 aromatic carbocycles. The molecule has 15 heavy (non-hydrogen) atoms. The summed E-state index contributed by atoms with van der Waals surface area (Å²) in [5.74, 6) is 0.609. The number of hydrogen-bond donors (Lipinski definition) is 1. The summed E-state index contributed by atoms with van der Waals surface area (Å²) in [7, 11) is 0. The molecular weight excluding hydrogens is 216 g/mol. The quantitative estimate of drug-likeness (QED) is 0.470. The molecule has 0 saturated heterocycles. The van der Waals surface area contributed by atoms with Gasteiger partial charge in [-0.3, -0.25) is 10.1 Å². The van der Waals surface area contributed by atoms with Gasteiger partial charge in [0.25, 0.3) is 5.69 Å². The number of non-ortho nitro benzene ring substituents is 1. The zero-order valence-electron chi connectivity index (χ0n) is 7.67. The molecule has 0 spiro atoms. The Morgan fingerprint density at radius 1 is 1.60 bits per heavy atom. The third-order valence-electron chi connectivity index (χ3n) is 2.10. The number of carbonyl (C=O) groups excluding carboxylic acids is 1. The zero-order valence-corrected chi connectivity index (χ0v) is 8.49. The Kier molecular flexibility index (Phi) is 2.59. The lowest BCUT2D eigenvalue weighted by Crippen LogP contribution is -2.27. The fraction of sp³-hybridized carbons (Fsp3) is 0.222. The molecule has 0 saturated carbocycles. The number of carbonyl (C=O) groups is 1. The number of rotatable bonds is 2. The second-order valence-corrected chi connectivity index (χ2v) is 4.20. The number of aldehydes is 1. The van der Waals surface area contributed by atoms with Crippen LogP contribution < -0.4 is 5.32 Å². The van der Waals surface area contributed by atoms with Crippen molar-refractivity contribution in [1.29, 1.82) is 0 Å². The van der Waals surface area contributed by atoms with E-state index in [1.807, 2.05) is 0 Å². The maximum Gasteiger partial charge on any atom is 0.270 e. The summed E-state index contributed by atoms with van der Waals surface area (Å²) < 4.78 is 0. The molecule has 0 amide bonds. The van der Waals surface area contributed by atoms with Crippen molar-refractivity contribution in [2.24, 2.45) is 0 Å². The van der Waals surface area contributed by atoms with Crippen LogP contribution in [0, 0.1) is 10.1 Å². The number of anilines is 1. The molecule has 1 aromatic rings. The molecule has 5 nitrogen and oxygen atoms in total. The van der Waals surface area contributed by atoms with Crippen molar-refractivity contribution in [2.75, 3.05) is 11.1 Å². The zero-order chi connectivity index (χ0) is 10.8. The topological polar surface area (TPSA) is 72.2 Å². The molecule has 0 bridgehead atoms. The lowest BCUT2D eigenvalue weighted by atomic mass is 10.2. The largest absolute Gasteiger partial charge is 0.374 e. The molecule has 0 aliphatic carbocycles. The molecule has 2 rings (SSSR count). The number of benzene rings is 1. The van der Waals surface area contributed by atoms with Crippen molar-refractivity contribution in [2.45, 2.75) is 10.9 Å². The van der Waals surface area contributed by atoms with Crippen LogP contribution in [0.15, 0.2) is 23.1 Å². The van der Waals surface area contributed by atoms with Crippen LogP contribution in [0.1, 0.15) is 0 Å². The molecule has 78 valence electrons. The molecule has 1 unspecified atom stereocenters. The van der Waals surface area contributed by atoms with E-state index in [9.17, 15) is 14.9 Å². The number of hydrogen-bond acceptors (Lipinski definition) is 5. The minimum Gasteiger partial charge on any atom is -0.374 e. The lowest BCUT2D eigenvalue weighted by Gasteiger charge is -2.21. The summed E-state index contributed by atoms with van der Waals surface area (Å²) in [6.45, 7) is 0. The van der Waals surface area contributed by atoms with Crippen LogP contribution in [0.4, 0.5) is 11.4 Å². The van der Waals surface area contributed by atoms with Crippen LogP contribution in [0.25, 0.3) is 0 Å². The van der Waals surface area contributed by atoms with Crippen molar-refractivity contribution < 1.29 is 9.72 Å². The average molecular weight is 224 g/mol. The number of nitro groups is 1. The molecule has 6 heteroatoms. The van der Waals surface area contributed by atoms with Gasteiger partial charge in [0.1, 0.15) is 6.29 Å². The second-order valence-electron chi connectivity index (χ2n) is 3.14. The molecule has 0 aromatic heterocycles. The maximum atomic E-state index is 10.6. The van der Waals surface area contributed by atoms with Crippen molar-refractivity contribution in [3.63, 3.8) is 0 Å². The van der Waals surface area contributed by atoms with E-state index < -0.39 is 4.92 Å². The van der Waals surface area contributed by atoms with Gasteiger partial charge in [0.2, 0.25) is 0 Å². The van der Waals surface area contributed by atoms with Gasteiger partial charge in [0.05, 0.1) is 11.0 Å². The number of fused-ring (bicyclic) bond motifs is 1. The third kappa shape index (κ3) is 1.94. The maximum absolute atomic E-state index is 10.6. The average Bonchev–Trinajstić information content (AvgIpc) is 2.27. The van der Waals surface area contributed by atoms with Crippen LogP contribution in [0.5, 0.6) is 0 Å². The molecule has 1 atom stereocenters. The molecule has 1 N–H and O–H groups in total. The fourth-order valence-corrected chi connectivity index (χ4v) is 2.37. The Morgan fingerprint density at radius 2 is 2.40 bits per heavy atom. The van der Waals surface area contributed by atoms with Crippen LogP contribution in [-0.2, 0) is 4.79 Å². The van der Waals surface area contributed by atoms with Crippen LogP contribution in [-0.4, -0.2) is 23.0 Å². The third-order valence-corrected chi connectivity index (χ3v) is 3.27. The standard InChI is InChI=1S/C9H8N2O3S/c12-4-6-5-15-9-3-7(11(13)14)1-2-8(9)10-6/h1-4,6,10H,5H2. The van der Waals surface area contributed by atoms with Crippen molar-refractivity contribution in [1.82, 2.24) is 0 Å². The first kappa shape index (κ1) is 9.97. The lowest BCUT2D eigenvalue weighted by molar-refractivity contribution is -0.385. The van der Waals surface area contributed by atoms with E-state index in [0.29, 0.717) is 5.75 Å². The highest BCUT2D eigenvalue weighted by atomic mass is 32.2. The molecule has 0 fully saturated rings. The summed E-state index contributed by atoms with van der Waals surface area (Å²) in [5.41, 5.74) is 0.863. The highest BCUT2D eigenvalue weighted by Gasteiger charge is 2.19. The summed E-state index contributed by atoms with van der Waals surface area (Å²) >= 11 is 1.45. The van der Waals surface area contributed by atoms with Crippen LogP contribution >= 0.6 is 11.8 Å². The summed E-state index contributed by atoms with van der Waals surface area (Å²) in [6.07, 6.45) is 0.845.